The number of hydrogen-bond acceptors (Lipinski definition) is 1. The van der Waals surface area contributed by atoms with E-state index in [0.717, 1.165) is 0 Å². The summed E-state index contributed by atoms with van der Waals surface area (Å²) >= 11 is 0. The third kappa shape index (κ3) is 4.63. The molecule has 2 atom stereocenters. The third-order valence-corrected chi connectivity index (χ3v) is 6.81. The molecule has 4 rings (SSSR count). The summed E-state index contributed by atoms with van der Waals surface area (Å²) in [5.74, 6) is 1.36. The fraction of sp³-hybridized carbons (Fsp3) is 0.538. The zero-order valence-corrected chi connectivity index (χ0v) is 17.0. The SMILES string of the molecule is Cc1cccc(C(CCCN2CCCCC2)C2CCCc3ccccc32)c1. The maximum atomic E-state index is 2.70. The van der Waals surface area contributed by atoms with Gasteiger partial charge in [0.15, 0.2) is 0 Å². The van der Waals surface area contributed by atoms with E-state index in [1.54, 1.807) is 16.7 Å². The molecule has 1 fully saturated rings. The van der Waals surface area contributed by atoms with E-state index < -0.39 is 0 Å². The van der Waals surface area contributed by atoms with Gasteiger partial charge in [0.2, 0.25) is 0 Å². The number of aryl methyl sites for hydroxylation is 2. The Balaban J connectivity index is 1.53. The molecule has 1 heterocycles. The van der Waals surface area contributed by atoms with Crippen LogP contribution in [0.5, 0.6) is 0 Å². The fourth-order valence-corrected chi connectivity index (χ4v) is 5.43. The van der Waals surface area contributed by atoms with Crippen molar-refractivity contribution >= 4 is 0 Å². The summed E-state index contributed by atoms with van der Waals surface area (Å²) in [6.07, 6.45) is 10.8. The maximum absolute atomic E-state index is 2.70. The molecule has 1 nitrogen and oxygen atoms in total. The van der Waals surface area contributed by atoms with Gasteiger partial charge in [0.25, 0.3) is 0 Å². The van der Waals surface area contributed by atoms with Gasteiger partial charge in [-0.15, -0.1) is 0 Å². The Morgan fingerprint density at radius 3 is 2.67 bits per heavy atom. The average Bonchev–Trinajstić information content (AvgIpc) is 2.72. The molecule has 2 unspecified atom stereocenters. The minimum absolute atomic E-state index is 0.663. The highest BCUT2D eigenvalue weighted by atomic mass is 15.1. The highest BCUT2D eigenvalue weighted by molar-refractivity contribution is 5.37. The first kappa shape index (κ1) is 18.7. The van der Waals surface area contributed by atoms with E-state index in [2.05, 4.69) is 60.4 Å². The lowest BCUT2D eigenvalue weighted by Crippen LogP contribution is -2.31. The summed E-state index contributed by atoms with van der Waals surface area (Å²) in [4.78, 5) is 2.70. The Morgan fingerprint density at radius 1 is 0.963 bits per heavy atom. The van der Waals surface area contributed by atoms with Crippen molar-refractivity contribution < 1.29 is 0 Å². The summed E-state index contributed by atoms with van der Waals surface area (Å²) in [6.45, 7) is 6.17. The molecule has 0 amide bonds. The Hall–Kier alpha value is -1.60. The standard InChI is InChI=1S/C26H35N/c1-21-10-7-13-23(20-21)25(16-9-19-27-17-5-2-6-18-27)26-15-8-12-22-11-3-4-14-24(22)26/h3-4,7,10-11,13-14,20,25-26H,2,5-6,8-9,12,15-19H2,1H3. The van der Waals surface area contributed by atoms with E-state index in [1.807, 2.05) is 0 Å². The smallest absolute Gasteiger partial charge is 0.00185 e. The number of nitrogens with zero attached hydrogens (tertiary/aromatic N) is 1. The molecular formula is C26H35N. The molecule has 0 N–H and O–H groups in total. The molecule has 2 aromatic rings. The monoisotopic (exact) mass is 361 g/mol. The Kier molecular flexibility index (Phi) is 6.29. The molecule has 144 valence electrons. The summed E-state index contributed by atoms with van der Waals surface area (Å²) < 4.78 is 0. The van der Waals surface area contributed by atoms with Crippen LogP contribution in [0.2, 0.25) is 0 Å². The lowest BCUT2D eigenvalue weighted by atomic mass is 9.71. The minimum atomic E-state index is 0.663. The second-order valence-electron chi connectivity index (χ2n) is 8.76. The average molecular weight is 362 g/mol. The first-order valence-electron chi connectivity index (χ1n) is 11.2. The van der Waals surface area contributed by atoms with Crippen LogP contribution in [0.15, 0.2) is 48.5 Å². The van der Waals surface area contributed by atoms with Gasteiger partial charge in [-0.3, -0.25) is 0 Å². The topological polar surface area (TPSA) is 3.24 Å². The summed E-state index contributed by atoms with van der Waals surface area (Å²) in [7, 11) is 0. The van der Waals surface area contributed by atoms with Crippen molar-refractivity contribution in [2.75, 3.05) is 19.6 Å². The summed E-state index contributed by atoms with van der Waals surface area (Å²) in [6, 6.07) is 18.6. The zero-order valence-electron chi connectivity index (χ0n) is 17.0. The van der Waals surface area contributed by atoms with Gasteiger partial charge in [0, 0.05) is 0 Å². The number of fused-ring (bicyclic) bond motifs is 1. The van der Waals surface area contributed by atoms with Crippen LogP contribution in [0, 0.1) is 6.92 Å². The maximum Gasteiger partial charge on any atom is -0.00185 e. The Morgan fingerprint density at radius 2 is 1.81 bits per heavy atom. The van der Waals surface area contributed by atoms with E-state index in [0.29, 0.717) is 11.8 Å². The lowest BCUT2D eigenvalue weighted by Gasteiger charge is -2.34. The Bertz CT molecular complexity index is 728. The van der Waals surface area contributed by atoms with E-state index >= 15 is 0 Å². The number of rotatable bonds is 6. The van der Waals surface area contributed by atoms with Gasteiger partial charge in [0.05, 0.1) is 0 Å². The second-order valence-corrected chi connectivity index (χ2v) is 8.76. The first-order chi connectivity index (χ1) is 13.3. The Labute approximate surface area is 165 Å². The molecule has 0 spiro atoms. The van der Waals surface area contributed by atoms with Crippen molar-refractivity contribution in [3.63, 3.8) is 0 Å². The van der Waals surface area contributed by atoms with Gasteiger partial charge < -0.3 is 4.90 Å². The molecule has 2 aromatic carbocycles. The largest absolute Gasteiger partial charge is 0.303 e. The predicted molar refractivity (Wildman–Crippen MR) is 116 cm³/mol. The number of benzene rings is 2. The minimum Gasteiger partial charge on any atom is -0.303 e. The van der Waals surface area contributed by atoms with Gasteiger partial charge in [0.1, 0.15) is 0 Å². The molecule has 2 aliphatic rings. The van der Waals surface area contributed by atoms with Crippen molar-refractivity contribution in [2.24, 2.45) is 0 Å². The second kappa shape index (κ2) is 9.06. The van der Waals surface area contributed by atoms with Crippen LogP contribution in [0.25, 0.3) is 0 Å². The van der Waals surface area contributed by atoms with Crippen LogP contribution in [-0.4, -0.2) is 24.5 Å². The van der Waals surface area contributed by atoms with Crippen molar-refractivity contribution in [3.05, 3.63) is 70.8 Å². The number of likely N-dealkylation sites (tertiary alicyclic amines) is 1. The lowest BCUT2D eigenvalue weighted by molar-refractivity contribution is 0.221. The molecule has 1 heteroatoms. The summed E-state index contributed by atoms with van der Waals surface area (Å²) in [5.41, 5.74) is 6.20. The molecule has 1 aliphatic heterocycles. The molecule has 1 saturated heterocycles. The van der Waals surface area contributed by atoms with E-state index in [1.165, 1.54) is 76.6 Å². The highest BCUT2D eigenvalue weighted by Crippen LogP contribution is 2.44. The van der Waals surface area contributed by atoms with Gasteiger partial charge in [-0.05, 0) is 100 Å². The highest BCUT2D eigenvalue weighted by Gasteiger charge is 2.28. The molecule has 1 aliphatic carbocycles. The van der Waals surface area contributed by atoms with Gasteiger partial charge >= 0.3 is 0 Å². The summed E-state index contributed by atoms with van der Waals surface area (Å²) in [5, 5.41) is 0. The van der Waals surface area contributed by atoms with E-state index in [-0.39, 0.29) is 0 Å². The molecule has 0 bridgehead atoms. The van der Waals surface area contributed by atoms with Crippen LogP contribution >= 0.6 is 0 Å². The van der Waals surface area contributed by atoms with Crippen LogP contribution in [0.3, 0.4) is 0 Å². The van der Waals surface area contributed by atoms with Gasteiger partial charge in [-0.2, -0.15) is 0 Å². The van der Waals surface area contributed by atoms with Crippen LogP contribution in [-0.2, 0) is 6.42 Å². The quantitative estimate of drug-likeness (QED) is 0.570. The van der Waals surface area contributed by atoms with Crippen molar-refractivity contribution in [1.82, 2.24) is 4.90 Å². The predicted octanol–water partition coefficient (Wildman–Crippen LogP) is 6.46. The van der Waals surface area contributed by atoms with Crippen molar-refractivity contribution in [2.45, 2.75) is 70.1 Å². The third-order valence-electron chi connectivity index (χ3n) is 6.81. The van der Waals surface area contributed by atoms with Crippen molar-refractivity contribution in [3.8, 4) is 0 Å². The molecule has 0 aromatic heterocycles. The van der Waals surface area contributed by atoms with Gasteiger partial charge in [-0.1, -0.05) is 60.5 Å². The van der Waals surface area contributed by atoms with Crippen molar-refractivity contribution in [1.29, 1.82) is 0 Å². The van der Waals surface area contributed by atoms with E-state index in [4.69, 9.17) is 0 Å². The molecule has 0 radical (unpaired) electrons. The fourth-order valence-electron chi connectivity index (χ4n) is 5.43. The molecule has 0 saturated carbocycles. The number of piperidine rings is 1. The zero-order chi connectivity index (χ0) is 18.5. The molecular weight excluding hydrogens is 326 g/mol. The first-order valence-corrected chi connectivity index (χ1v) is 11.2. The van der Waals surface area contributed by atoms with Crippen LogP contribution in [0.4, 0.5) is 0 Å². The van der Waals surface area contributed by atoms with Crippen LogP contribution in [0.1, 0.15) is 79.0 Å². The van der Waals surface area contributed by atoms with E-state index in [9.17, 15) is 0 Å². The number of hydrogen-bond donors (Lipinski definition) is 0. The van der Waals surface area contributed by atoms with Crippen LogP contribution < -0.4 is 0 Å². The molecule has 27 heavy (non-hydrogen) atoms. The van der Waals surface area contributed by atoms with Gasteiger partial charge in [-0.25, -0.2) is 0 Å². The normalized spacial score (nSPS) is 21.6.